The second-order valence-corrected chi connectivity index (χ2v) is 11.8. The van der Waals surface area contributed by atoms with E-state index in [2.05, 4.69) is 24.3 Å². The van der Waals surface area contributed by atoms with E-state index in [1.807, 2.05) is 36.4 Å². The molecule has 2 aromatic carbocycles. The molecule has 1 fully saturated rings. The molecule has 1 aliphatic rings. The van der Waals surface area contributed by atoms with Crippen LogP contribution in [-0.2, 0) is 40.1 Å². The van der Waals surface area contributed by atoms with Crippen molar-refractivity contribution in [3.05, 3.63) is 71.8 Å². The quantitative estimate of drug-likeness (QED) is 0.222. The molecule has 188 valence electrons. The fourth-order valence-electron chi connectivity index (χ4n) is 3.75. The third-order valence-corrected chi connectivity index (χ3v) is 9.62. The van der Waals surface area contributed by atoms with Gasteiger partial charge >= 0.3 is 17.9 Å². The van der Waals surface area contributed by atoms with Gasteiger partial charge in [-0.2, -0.15) is 0 Å². The summed E-state index contributed by atoms with van der Waals surface area (Å²) in [4.78, 5) is 35.8. The first-order chi connectivity index (χ1) is 16.8. The van der Waals surface area contributed by atoms with Crippen LogP contribution < -0.4 is 0 Å². The van der Waals surface area contributed by atoms with Crippen LogP contribution in [0.3, 0.4) is 0 Å². The average molecular weight is 535 g/mol. The van der Waals surface area contributed by atoms with Gasteiger partial charge in [0, 0.05) is 38.0 Å². The number of hydrogen-bond donors (Lipinski definition) is 0. The Morgan fingerprint density at radius 1 is 0.829 bits per heavy atom. The SMILES string of the molecule is CC(=O)O[C@@H]1[C@H]([C@@H](OC(C)=O)C(SCc2ccccc2)SCc2ccccc2)SC[C@H]1OC(C)=O. The Morgan fingerprint density at radius 2 is 1.34 bits per heavy atom. The summed E-state index contributed by atoms with van der Waals surface area (Å²) in [5, 5.41) is -0.372. The van der Waals surface area contributed by atoms with Gasteiger partial charge in [0.15, 0.2) is 6.10 Å². The summed E-state index contributed by atoms with van der Waals surface area (Å²) < 4.78 is 16.8. The second-order valence-electron chi connectivity index (χ2n) is 8.06. The molecule has 3 rings (SSSR count). The van der Waals surface area contributed by atoms with Gasteiger partial charge < -0.3 is 14.2 Å². The third-order valence-electron chi connectivity index (χ3n) is 5.17. The van der Waals surface area contributed by atoms with Crippen molar-refractivity contribution in [2.45, 2.75) is 60.4 Å². The minimum Gasteiger partial charge on any atom is -0.459 e. The van der Waals surface area contributed by atoms with E-state index in [4.69, 9.17) is 14.2 Å². The molecule has 35 heavy (non-hydrogen) atoms. The topological polar surface area (TPSA) is 78.9 Å². The van der Waals surface area contributed by atoms with Gasteiger partial charge in [-0.05, 0) is 11.1 Å². The molecule has 0 unspecified atom stereocenters. The van der Waals surface area contributed by atoms with E-state index in [0.29, 0.717) is 5.75 Å². The van der Waals surface area contributed by atoms with Gasteiger partial charge in [0.1, 0.15) is 12.2 Å². The Bertz CT molecular complexity index is 928. The fourth-order valence-corrected chi connectivity index (χ4v) is 8.16. The smallest absolute Gasteiger partial charge is 0.303 e. The van der Waals surface area contributed by atoms with E-state index in [0.717, 1.165) is 22.6 Å². The number of carbonyl (C=O) groups is 3. The van der Waals surface area contributed by atoms with Crippen LogP contribution in [0.1, 0.15) is 31.9 Å². The number of ether oxygens (including phenoxy) is 3. The Kier molecular flexibility index (Phi) is 10.9. The average Bonchev–Trinajstić information content (AvgIpc) is 3.19. The minimum atomic E-state index is -0.706. The van der Waals surface area contributed by atoms with Gasteiger partial charge in [-0.1, -0.05) is 60.7 Å². The van der Waals surface area contributed by atoms with E-state index >= 15 is 0 Å². The van der Waals surface area contributed by atoms with E-state index < -0.39 is 36.2 Å². The summed E-state index contributed by atoms with van der Waals surface area (Å²) in [5.74, 6) is 0.609. The first kappa shape index (κ1) is 27.5. The Morgan fingerprint density at radius 3 is 1.80 bits per heavy atom. The first-order valence-electron chi connectivity index (χ1n) is 11.3. The molecule has 0 radical (unpaired) electrons. The standard InChI is InChI=1S/C26H30O6S3/c1-17(27)30-22-16-33-25(23(22)31-18(2)28)24(32-19(3)29)26(34-14-20-10-6-4-7-11-20)35-15-21-12-8-5-9-13-21/h4-13,22-26H,14-16H2,1-3H3/t22-,23+,24-,25-/m1/s1. The van der Waals surface area contributed by atoms with Crippen molar-refractivity contribution in [2.75, 3.05) is 5.75 Å². The monoisotopic (exact) mass is 534 g/mol. The molecule has 0 aromatic heterocycles. The Balaban J connectivity index is 1.87. The lowest BCUT2D eigenvalue weighted by Gasteiger charge is -2.33. The lowest BCUT2D eigenvalue weighted by atomic mass is 10.1. The number of esters is 3. The van der Waals surface area contributed by atoms with Crippen molar-refractivity contribution in [1.29, 1.82) is 0 Å². The highest BCUT2D eigenvalue weighted by Crippen LogP contribution is 2.43. The van der Waals surface area contributed by atoms with Crippen molar-refractivity contribution < 1.29 is 28.6 Å². The zero-order valence-electron chi connectivity index (χ0n) is 20.0. The highest BCUT2D eigenvalue weighted by atomic mass is 32.2. The third kappa shape index (κ3) is 8.81. The maximum Gasteiger partial charge on any atom is 0.303 e. The first-order valence-corrected chi connectivity index (χ1v) is 14.4. The van der Waals surface area contributed by atoms with Crippen molar-refractivity contribution >= 4 is 53.2 Å². The molecule has 1 aliphatic heterocycles. The van der Waals surface area contributed by atoms with Crippen LogP contribution in [0.5, 0.6) is 0 Å². The maximum atomic E-state index is 12.2. The number of rotatable bonds is 11. The Labute approximate surface area is 219 Å². The Hall–Kier alpha value is -2.10. The largest absolute Gasteiger partial charge is 0.459 e. The molecule has 0 aliphatic carbocycles. The predicted molar refractivity (Wildman–Crippen MR) is 142 cm³/mol. The predicted octanol–water partition coefficient (Wildman–Crippen LogP) is 5.09. The molecule has 1 heterocycles. The number of benzene rings is 2. The summed E-state index contributed by atoms with van der Waals surface area (Å²) in [7, 11) is 0. The highest BCUT2D eigenvalue weighted by molar-refractivity contribution is 8.16. The number of hydrogen-bond acceptors (Lipinski definition) is 9. The molecule has 0 amide bonds. The van der Waals surface area contributed by atoms with Gasteiger partial charge in [0.25, 0.3) is 0 Å². The molecule has 0 saturated carbocycles. The summed E-state index contributed by atoms with van der Waals surface area (Å²) in [5.41, 5.74) is 2.33. The van der Waals surface area contributed by atoms with Crippen molar-refractivity contribution in [2.24, 2.45) is 0 Å². The summed E-state index contributed by atoms with van der Waals surface area (Å²) in [6, 6.07) is 20.2. The lowest BCUT2D eigenvalue weighted by Crippen LogP contribution is -2.46. The van der Waals surface area contributed by atoms with Gasteiger partial charge in [0.2, 0.25) is 0 Å². The molecular weight excluding hydrogens is 504 g/mol. The molecule has 6 nitrogen and oxygen atoms in total. The second kappa shape index (κ2) is 13.8. The highest BCUT2D eigenvalue weighted by Gasteiger charge is 2.49. The zero-order chi connectivity index (χ0) is 25.2. The van der Waals surface area contributed by atoms with Gasteiger partial charge in [-0.3, -0.25) is 14.4 Å². The van der Waals surface area contributed by atoms with Crippen molar-refractivity contribution in [1.82, 2.24) is 0 Å². The van der Waals surface area contributed by atoms with Crippen molar-refractivity contribution in [3.8, 4) is 0 Å². The van der Waals surface area contributed by atoms with Crippen LogP contribution in [0.4, 0.5) is 0 Å². The van der Waals surface area contributed by atoms with E-state index in [1.54, 1.807) is 23.5 Å². The normalized spacial score (nSPS) is 20.3. The van der Waals surface area contributed by atoms with Crippen LogP contribution in [0.2, 0.25) is 0 Å². The fraction of sp³-hybridized carbons (Fsp3) is 0.423. The van der Waals surface area contributed by atoms with Crippen LogP contribution in [0.25, 0.3) is 0 Å². The number of thioether (sulfide) groups is 3. The zero-order valence-corrected chi connectivity index (χ0v) is 22.4. The lowest BCUT2D eigenvalue weighted by molar-refractivity contribution is -0.165. The van der Waals surface area contributed by atoms with Gasteiger partial charge in [-0.15, -0.1) is 35.3 Å². The van der Waals surface area contributed by atoms with Crippen LogP contribution >= 0.6 is 35.3 Å². The molecule has 0 bridgehead atoms. The van der Waals surface area contributed by atoms with Gasteiger partial charge in [0.05, 0.1) is 9.83 Å². The van der Waals surface area contributed by atoms with Crippen molar-refractivity contribution in [3.63, 3.8) is 0 Å². The summed E-state index contributed by atoms with van der Waals surface area (Å²) in [6.45, 7) is 4.05. The molecule has 4 atom stereocenters. The molecule has 0 spiro atoms. The summed E-state index contributed by atoms with van der Waals surface area (Å²) in [6.07, 6.45) is -1.86. The molecular formula is C26H30O6S3. The molecule has 9 heteroatoms. The molecule has 0 N–H and O–H groups in total. The van der Waals surface area contributed by atoms with Crippen LogP contribution in [-0.4, -0.2) is 51.8 Å². The summed E-state index contributed by atoms with van der Waals surface area (Å²) >= 11 is 4.89. The van der Waals surface area contributed by atoms with E-state index in [9.17, 15) is 14.4 Å². The maximum absolute atomic E-state index is 12.2. The van der Waals surface area contributed by atoms with E-state index in [1.165, 1.54) is 32.5 Å². The van der Waals surface area contributed by atoms with Crippen LogP contribution in [0.15, 0.2) is 60.7 Å². The van der Waals surface area contributed by atoms with E-state index in [-0.39, 0.29) is 9.83 Å². The van der Waals surface area contributed by atoms with Crippen LogP contribution in [0, 0.1) is 0 Å². The molecule has 2 aromatic rings. The number of carbonyl (C=O) groups excluding carboxylic acids is 3. The minimum absolute atomic E-state index is 0.147. The molecule has 1 saturated heterocycles. The van der Waals surface area contributed by atoms with Gasteiger partial charge in [-0.25, -0.2) is 0 Å².